The average Bonchev–Trinajstić information content (AvgIpc) is 3.14. The predicted octanol–water partition coefficient (Wildman–Crippen LogP) is 2.81. The summed E-state index contributed by atoms with van der Waals surface area (Å²) in [6.45, 7) is 0.686. The largest absolute Gasteiger partial charge is 0.311 e. The van der Waals surface area contributed by atoms with E-state index in [2.05, 4.69) is 12.6 Å². The van der Waals surface area contributed by atoms with Crippen LogP contribution in [0.25, 0.3) is 0 Å². The van der Waals surface area contributed by atoms with E-state index in [-0.39, 0.29) is 17.1 Å². The number of nitrogens with zero attached hydrogens (tertiary/aromatic N) is 1. The number of anilines is 1. The molecule has 1 aliphatic heterocycles. The molecule has 0 spiro atoms. The molecule has 1 fully saturated rings. The zero-order valence-corrected chi connectivity index (χ0v) is 11.0. The van der Waals surface area contributed by atoms with Crippen molar-refractivity contribution in [1.82, 2.24) is 0 Å². The number of hydrogen-bond acceptors (Lipinski definition) is 2. The molecule has 96 valence electrons. The Morgan fingerprint density at radius 2 is 2.11 bits per heavy atom. The Labute approximate surface area is 112 Å². The molecule has 4 heteroatoms. The van der Waals surface area contributed by atoms with Crippen LogP contribution in [-0.2, 0) is 11.2 Å². The van der Waals surface area contributed by atoms with Gasteiger partial charge >= 0.3 is 0 Å². The summed E-state index contributed by atoms with van der Waals surface area (Å²) >= 11 is 4.37. The van der Waals surface area contributed by atoms with Crippen LogP contribution in [-0.4, -0.2) is 18.2 Å². The minimum absolute atomic E-state index is 0.112. The first kappa shape index (κ1) is 12.0. The Balaban J connectivity index is 1.93. The number of thiol groups is 1. The van der Waals surface area contributed by atoms with Crippen molar-refractivity contribution in [3.8, 4) is 0 Å². The van der Waals surface area contributed by atoms with Gasteiger partial charge in [-0.05, 0) is 48.1 Å². The van der Waals surface area contributed by atoms with E-state index in [1.165, 1.54) is 12.1 Å². The van der Waals surface area contributed by atoms with Crippen molar-refractivity contribution in [3.05, 3.63) is 29.6 Å². The summed E-state index contributed by atoms with van der Waals surface area (Å²) < 4.78 is 13.4. The van der Waals surface area contributed by atoms with Crippen molar-refractivity contribution in [1.29, 1.82) is 0 Å². The van der Waals surface area contributed by atoms with Gasteiger partial charge in [0.05, 0.1) is 0 Å². The van der Waals surface area contributed by atoms with E-state index in [1.807, 2.05) is 0 Å². The molecule has 3 rings (SSSR count). The first-order valence-electron chi connectivity index (χ1n) is 6.33. The third-order valence-electron chi connectivity index (χ3n) is 4.03. The van der Waals surface area contributed by atoms with Gasteiger partial charge in [-0.3, -0.25) is 4.79 Å². The van der Waals surface area contributed by atoms with Crippen LogP contribution in [0.15, 0.2) is 18.2 Å². The number of hydrogen-bond donors (Lipinski definition) is 1. The molecule has 0 aromatic heterocycles. The summed E-state index contributed by atoms with van der Waals surface area (Å²) in [7, 11) is 0. The lowest BCUT2D eigenvalue weighted by Crippen LogP contribution is -2.40. The molecule has 0 saturated heterocycles. The van der Waals surface area contributed by atoms with Crippen LogP contribution in [0, 0.1) is 11.2 Å². The Bertz CT molecular complexity index is 499. The third-order valence-corrected chi connectivity index (χ3v) is 4.70. The molecule has 1 aromatic carbocycles. The molecule has 2 aliphatic rings. The number of rotatable bonds is 3. The van der Waals surface area contributed by atoms with Gasteiger partial charge in [-0.2, -0.15) is 12.6 Å². The summed E-state index contributed by atoms with van der Waals surface area (Å²) in [6, 6.07) is 4.75. The first-order valence-corrected chi connectivity index (χ1v) is 6.96. The van der Waals surface area contributed by atoms with Crippen LogP contribution < -0.4 is 4.90 Å². The van der Waals surface area contributed by atoms with Gasteiger partial charge in [0.2, 0.25) is 5.91 Å². The lowest BCUT2D eigenvalue weighted by atomic mass is 9.99. The monoisotopic (exact) mass is 265 g/mol. The SMILES string of the molecule is O=C1CCc2ccc(F)cc2N1CC1(CS)CC1. The second-order valence-corrected chi connectivity index (χ2v) is 5.73. The number of halogens is 1. The maximum Gasteiger partial charge on any atom is 0.227 e. The molecule has 1 aromatic rings. The van der Waals surface area contributed by atoms with Gasteiger partial charge in [-0.25, -0.2) is 4.39 Å². The highest BCUT2D eigenvalue weighted by atomic mass is 32.1. The number of aryl methyl sites for hydroxylation is 1. The minimum atomic E-state index is -0.274. The molecule has 1 heterocycles. The van der Waals surface area contributed by atoms with E-state index in [1.54, 1.807) is 11.0 Å². The van der Waals surface area contributed by atoms with E-state index in [0.29, 0.717) is 13.0 Å². The van der Waals surface area contributed by atoms with Crippen LogP contribution in [0.4, 0.5) is 10.1 Å². The van der Waals surface area contributed by atoms with Crippen molar-refractivity contribution in [3.63, 3.8) is 0 Å². The van der Waals surface area contributed by atoms with Crippen LogP contribution in [0.2, 0.25) is 0 Å². The smallest absolute Gasteiger partial charge is 0.227 e. The van der Waals surface area contributed by atoms with Gasteiger partial charge in [-0.1, -0.05) is 6.07 Å². The molecule has 18 heavy (non-hydrogen) atoms. The number of carbonyl (C=O) groups excluding carboxylic acids is 1. The summed E-state index contributed by atoms with van der Waals surface area (Å²) in [4.78, 5) is 13.8. The van der Waals surface area contributed by atoms with Gasteiger partial charge in [0.25, 0.3) is 0 Å². The summed E-state index contributed by atoms with van der Waals surface area (Å²) in [5, 5.41) is 0. The zero-order valence-electron chi connectivity index (χ0n) is 10.2. The zero-order chi connectivity index (χ0) is 12.8. The normalized spacial score (nSPS) is 20.8. The quantitative estimate of drug-likeness (QED) is 0.833. The highest BCUT2D eigenvalue weighted by molar-refractivity contribution is 7.80. The molecule has 2 nitrogen and oxygen atoms in total. The second-order valence-electron chi connectivity index (χ2n) is 5.41. The number of benzene rings is 1. The average molecular weight is 265 g/mol. The van der Waals surface area contributed by atoms with E-state index < -0.39 is 0 Å². The Kier molecular flexibility index (Phi) is 2.85. The molecular formula is C14H16FNOS. The number of amides is 1. The van der Waals surface area contributed by atoms with Crippen LogP contribution in [0.1, 0.15) is 24.8 Å². The number of fused-ring (bicyclic) bond motifs is 1. The molecule has 0 atom stereocenters. The minimum Gasteiger partial charge on any atom is -0.311 e. The lowest BCUT2D eigenvalue weighted by Gasteiger charge is -2.32. The Hall–Kier alpha value is -1.03. The predicted molar refractivity (Wildman–Crippen MR) is 72.6 cm³/mol. The van der Waals surface area contributed by atoms with Crippen LogP contribution in [0.3, 0.4) is 0 Å². The van der Waals surface area contributed by atoms with E-state index in [9.17, 15) is 9.18 Å². The fourth-order valence-electron chi connectivity index (χ4n) is 2.56. The summed E-state index contributed by atoms with van der Waals surface area (Å²) in [5.74, 6) is 0.631. The first-order chi connectivity index (χ1) is 8.63. The maximum atomic E-state index is 13.4. The Morgan fingerprint density at radius 3 is 2.78 bits per heavy atom. The van der Waals surface area contributed by atoms with Crippen molar-refractivity contribution in [2.45, 2.75) is 25.7 Å². The lowest BCUT2D eigenvalue weighted by molar-refractivity contribution is -0.119. The Morgan fingerprint density at radius 1 is 1.33 bits per heavy atom. The molecule has 0 N–H and O–H groups in total. The van der Waals surface area contributed by atoms with Crippen LogP contribution in [0.5, 0.6) is 0 Å². The van der Waals surface area contributed by atoms with Gasteiger partial charge in [0, 0.05) is 18.7 Å². The molecular weight excluding hydrogens is 249 g/mol. The summed E-state index contributed by atoms with van der Waals surface area (Å²) in [5.41, 5.74) is 2.00. The highest BCUT2D eigenvalue weighted by Gasteiger charge is 2.44. The third kappa shape index (κ3) is 2.03. The summed E-state index contributed by atoms with van der Waals surface area (Å²) in [6.07, 6.45) is 3.48. The van der Waals surface area contributed by atoms with Gasteiger partial charge in [0.1, 0.15) is 5.82 Å². The standard InChI is InChI=1S/C14H16FNOS/c15-11-3-1-10-2-4-13(17)16(12(10)7-11)8-14(9-18)5-6-14/h1,3,7,18H,2,4-6,8-9H2. The number of carbonyl (C=O) groups is 1. The molecule has 0 unspecified atom stereocenters. The molecule has 1 amide bonds. The molecule has 1 aliphatic carbocycles. The second kappa shape index (κ2) is 4.26. The maximum absolute atomic E-state index is 13.4. The van der Waals surface area contributed by atoms with Crippen molar-refractivity contribution in [2.75, 3.05) is 17.2 Å². The van der Waals surface area contributed by atoms with E-state index in [4.69, 9.17) is 0 Å². The van der Waals surface area contributed by atoms with Crippen LogP contribution >= 0.6 is 12.6 Å². The van der Waals surface area contributed by atoms with Gasteiger partial charge < -0.3 is 4.90 Å². The fraction of sp³-hybridized carbons (Fsp3) is 0.500. The van der Waals surface area contributed by atoms with E-state index in [0.717, 1.165) is 36.3 Å². The topological polar surface area (TPSA) is 20.3 Å². The van der Waals surface area contributed by atoms with Crippen molar-refractivity contribution in [2.24, 2.45) is 5.41 Å². The van der Waals surface area contributed by atoms with Gasteiger partial charge in [0.15, 0.2) is 0 Å². The molecule has 0 bridgehead atoms. The fourth-order valence-corrected chi connectivity index (χ4v) is 2.98. The van der Waals surface area contributed by atoms with Crippen molar-refractivity contribution >= 4 is 24.2 Å². The highest BCUT2D eigenvalue weighted by Crippen LogP contribution is 2.48. The van der Waals surface area contributed by atoms with Gasteiger partial charge in [-0.15, -0.1) is 0 Å². The molecule has 0 radical (unpaired) electrons. The molecule has 1 saturated carbocycles. The van der Waals surface area contributed by atoms with E-state index >= 15 is 0 Å². The van der Waals surface area contributed by atoms with Crippen molar-refractivity contribution < 1.29 is 9.18 Å².